The smallest absolute Gasteiger partial charge is 0.164 e. The van der Waals surface area contributed by atoms with Crippen LogP contribution >= 0.6 is 0 Å². The highest BCUT2D eigenvalue weighted by molar-refractivity contribution is 5.89. The first kappa shape index (κ1) is 24.1. The molecular weight excluding hydrogens is 478 g/mol. The number of aromatic nitrogens is 6. The van der Waals surface area contributed by atoms with Crippen LogP contribution in [-0.2, 0) is 19.5 Å². The number of anilines is 2. The molecule has 4 heterocycles. The molecule has 0 unspecified atom stereocenters. The first-order chi connectivity index (χ1) is 18.4. The maximum Gasteiger partial charge on any atom is 0.164 e. The summed E-state index contributed by atoms with van der Waals surface area (Å²) in [5.74, 6) is 3.37. The standard InChI is InChI=1S/C29H31N7O2/c1-29(2,37)18-35-17-23(16-31-35)19-7-8-21-15-30-26(14-22(21)12-19)32-24-10-9-20(13-25(24)38-3)28-34-33-27-6-4-5-11-36(27)28/h7-10,12-17,37H,4-6,11,18H2,1-3H3,(H,30,32). The molecule has 2 aromatic carbocycles. The minimum Gasteiger partial charge on any atom is -0.495 e. The van der Waals surface area contributed by atoms with Gasteiger partial charge in [-0.05, 0) is 68.0 Å². The maximum atomic E-state index is 10.1. The summed E-state index contributed by atoms with van der Waals surface area (Å²) >= 11 is 0. The van der Waals surface area contributed by atoms with E-state index in [0.29, 0.717) is 12.3 Å². The van der Waals surface area contributed by atoms with E-state index in [2.05, 4.69) is 48.4 Å². The van der Waals surface area contributed by atoms with E-state index >= 15 is 0 Å². The zero-order valence-electron chi connectivity index (χ0n) is 21.8. The number of hydrogen-bond donors (Lipinski definition) is 2. The number of nitrogens with one attached hydrogen (secondary N) is 1. The molecule has 0 amide bonds. The number of aliphatic hydroxyl groups is 1. The molecule has 9 heteroatoms. The fourth-order valence-corrected chi connectivity index (χ4v) is 4.98. The van der Waals surface area contributed by atoms with Gasteiger partial charge < -0.3 is 19.7 Å². The fraction of sp³-hybridized carbons (Fsp3) is 0.310. The molecule has 0 fully saturated rings. The van der Waals surface area contributed by atoms with E-state index < -0.39 is 5.60 Å². The molecule has 0 radical (unpaired) electrons. The van der Waals surface area contributed by atoms with Gasteiger partial charge in [-0.1, -0.05) is 12.1 Å². The largest absolute Gasteiger partial charge is 0.495 e. The van der Waals surface area contributed by atoms with E-state index in [1.54, 1.807) is 25.6 Å². The minimum atomic E-state index is -0.826. The molecular formula is C29H31N7O2. The first-order valence-electron chi connectivity index (χ1n) is 12.9. The van der Waals surface area contributed by atoms with Gasteiger partial charge in [0.2, 0.25) is 0 Å². The highest BCUT2D eigenvalue weighted by Gasteiger charge is 2.18. The van der Waals surface area contributed by atoms with Crippen molar-refractivity contribution < 1.29 is 9.84 Å². The second-order valence-electron chi connectivity index (χ2n) is 10.5. The molecule has 0 spiro atoms. The number of benzene rings is 2. The second kappa shape index (κ2) is 9.57. The summed E-state index contributed by atoms with van der Waals surface area (Å²) in [5.41, 5.74) is 3.03. The van der Waals surface area contributed by atoms with Crippen LogP contribution in [0.3, 0.4) is 0 Å². The normalized spacial score (nSPS) is 13.5. The molecule has 38 heavy (non-hydrogen) atoms. The summed E-state index contributed by atoms with van der Waals surface area (Å²) in [6.07, 6.45) is 8.93. The predicted molar refractivity (Wildman–Crippen MR) is 147 cm³/mol. The molecule has 1 aliphatic heterocycles. The van der Waals surface area contributed by atoms with Crippen molar-refractivity contribution >= 4 is 22.3 Å². The Hall–Kier alpha value is -4.24. The van der Waals surface area contributed by atoms with Crippen LogP contribution in [0.5, 0.6) is 5.75 Å². The lowest BCUT2D eigenvalue weighted by molar-refractivity contribution is 0.0577. The lowest BCUT2D eigenvalue weighted by Crippen LogP contribution is -2.26. The Kier molecular flexibility index (Phi) is 6.07. The van der Waals surface area contributed by atoms with Crippen molar-refractivity contribution in [3.8, 4) is 28.3 Å². The van der Waals surface area contributed by atoms with Crippen LogP contribution in [0, 0.1) is 0 Å². The van der Waals surface area contributed by atoms with Gasteiger partial charge in [0.25, 0.3) is 0 Å². The van der Waals surface area contributed by atoms with Gasteiger partial charge in [-0.15, -0.1) is 10.2 Å². The quantitative estimate of drug-likeness (QED) is 0.310. The van der Waals surface area contributed by atoms with Gasteiger partial charge in [0.15, 0.2) is 5.82 Å². The van der Waals surface area contributed by atoms with Gasteiger partial charge in [0.1, 0.15) is 17.4 Å². The maximum absolute atomic E-state index is 10.1. The molecule has 2 N–H and O–H groups in total. The van der Waals surface area contributed by atoms with E-state index in [4.69, 9.17) is 4.74 Å². The number of hydrogen-bond acceptors (Lipinski definition) is 7. The van der Waals surface area contributed by atoms with Crippen molar-refractivity contribution in [1.82, 2.24) is 29.5 Å². The molecule has 1 aliphatic rings. The highest BCUT2D eigenvalue weighted by Crippen LogP contribution is 2.34. The average molecular weight is 510 g/mol. The Bertz CT molecular complexity index is 1610. The summed E-state index contributed by atoms with van der Waals surface area (Å²) in [6, 6.07) is 14.3. The van der Waals surface area contributed by atoms with Crippen molar-refractivity contribution in [2.45, 2.75) is 51.8 Å². The molecule has 3 aromatic heterocycles. The average Bonchev–Trinajstić information content (AvgIpc) is 3.55. The van der Waals surface area contributed by atoms with Gasteiger partial charge in [0, 0.05) is 41.9 Å². The molecule has 194 valence electrons. The number of pyridine rings is 1. The molecule has 0 saturated heterocycles. The van der Waals surface area contributed by atoms with Crippen LogP contribution in [-0.4, -0.2) is 47.3 Å². The van der Waals surface area contributed by atoms with Crippen LogP contribution in [0.25, 0.3) is 33.3 Å². The van der Waals surface area contributed by atoms with E-state index in [0.717, 1.165) is 76.4 Å². The molecule has 0 bridgehead atoms. The fourth-order valence-electron chi connectivity index (χ4n) is 4.98. The Balaban J connectivity index is 1.26. The zero-order chi connectivity index (χ0) is 26.3. The summed E-state index contributed by atoms with van der Waals surface area (Å²) < 4.78 is 9.71. The molecule has 0 saturated carbocycles. The van der Waals surface area contributed by atoms with Crippen molar-refractivity contribution in [2.75, 3.05) is 12.4 Å². The Morgan fingerprint density at radius 2 is 1.84 bits per heavy atom. The second-order valence-corrected chi connectivity index (χ2v) is 10.5. The van der Waals surface area contributed by atoms with Gasteiger partial charge in [-0.3, -0.25) is 4.68 Å². The third-order valence-electron chi connectivity index (χ3n) is 6.82. The number of nitrogens with zero attached hydrogens (tertiary/aromatic N) is 6. The Morgan fingerprint density at radius 1 is 0.974 bits per heavy atom. The van der Waals surface area contributed by atoms with Gasteiger partial charge >= 0.3 is 0 Å². The zero-order valence-corrected chi connectivity index (χ0v) is 21.8. The monoisotopic (exact) mass is 509 g/mol. The molecule has 0 aliphatic carbocycles. The van der Waals surface area contributed by atoms with Crippen LogP contribution in [0.2, 0.25) is 0 Å². The molecule has 5 aromatic rings. The van der Waals surface area contributed by atoms with E-state index in [-0.39, 0.29) is 0 Å². The molecule has 0 atom stereocenters. The minimum absolute atomic E-state index is 0.429. The summed E-state index contributed by atoms with van der Waals surface area (Å²) in [7, 11) is 1.67. The van der Waals surface area contributed by atoms with Gasteiger partial charge in [-0.2, -0.15) is 5.10 Å². The first-order valence-corrected chi connectivity index (χ1v) is 12.9. The number of aryl methyl sites for hydroxylation is 1. The number of methoxy groups -OCH3 is 1. The van der Waals surface area contributed by atoms with Crippen molar-refractivity contribution in [2.24, 2.45) is 0 Å². The number of rotatable bonds is 7. The summed E-state index contributed by atoms with van der Waals surface area (Å²) in [4.78, 5) is 4.62. The highest BCUT2D eigenvalue weighted by atomic mass is 16.5. The van der Waals surface area contributed by atoms with E-state index in [9.17, 15) is 5.11 Å². The van der Waals surface area contributed by atoms with Crippen molar-refractivity contribution in [1.29, 1.82) is 0 Å². The third kappa shape index (κ3) is 4.84. The SMILES string of the molecule is COc1cc(-c2nnc3n2CCCC3)ccc1Nc1cc2cc(-c3cnn(CC(C)(C)O)c3)ccc2cn1. The lowest BCUT2D eigenvalue weighted by Gasteiger charge is -2.16. The Morgan fingerprint density at radius 3 is 2.68 bits per heavy atom. The van der Waals surface area contributed by atoms with Crippen LogP contribution < -0.4 is 10.1 Å². The van der Waals surface area contributed by atoms with Crippen LogP contribution in [0.15, 0.2) is 61.1 Å². The predicted octanol–water partition coefficient (Wildman–Crippen LogP) is 5.22. The lowest BCUT2D eigenvalue weighted by atomic mass is 10.0. The third-order valence-corrected chi connectivity index (χ3v) is 6.82. The molecule has 9 nitrogen and oxygen atoms in total. The topological polar surface area (TPSA) is 103 Å². The van der Waals surface area contributed by atoms with Crippen molar-refractivity contribution in [3.05, 3.63) is 66.9 Å². The Labute approximate surface area is 221 Å². The van der Waals surface area contributed by atoms with E-state index in [1.807, 2.05) is 42.9 Å². The number of fused-ring (bicyclic) bond motifs is 2. The van der Waals surface area contributed by atoms with E-state index in [1.165, 1.54) is 0 Å². The van der Waals surface area contributed by atoms with Gasteiger partial charge in [0.05, 0.1) is 31.1 Å². The van der Waals surface area contributed by atoms with Crippen molar-refractivity contribution in [3.63, 3.8) is 0 Å². The van der Waals surface area contributed by atoms with Crippen LogP contribution in [0.4, 0.5) is 11.5 Å². The van der Waals surface area contributed by atoms with Gasteiger partial charge in [-0.25, -0.2) is 4.98 Å². The summed E-state index contributed by atoms with van der Waals surface area (Å²) in [5, 5.41) is 28.9. The number of ether oxygens (including phenoxy) is 1. The molecule has 6 rings (SSSR count). The summed E-state index contributed by atoms with van der Waals surface area (Å²) in [6.45, 7) is 4.92. The van der Waals surface area contributed by atoms with Crippen LogP contribution in [0.1, 0.15) is 32.5 Å².